The van der Waals surface area contributed by atoms with Gasteiger partial charge in [-0.3, -0.25) is 9.59 Å². The Morgan fingerprint density at radius 1 is 1.54 bits per heavy atom. The van der Waals surface area contributed by atoms with E-state index in [1.165, 1.54) is 11.8 Å². The van der Waals surface area contributed by atoms with Crippen LogP contribution in [-0.2, 0) is 14.3 Å². The van der Waals surface area contributed by atoms with Gasteiger partial charge in [-0.2, -0.15) is 0 Å². The fraction of sp³-hybridized carbons (Fsp3) is 0.750. The normalized spacial score (nSPS) is 12.2. The first-order valence-corrected chi connectivity index (χ1v) is 5.12. The highest BCUT2D eigenvalue weighted by atomic mass is 32.2. The summed E-state index contributed by atoms with van der Waals surface area (Å²) in [5.41, 5.74) is 0. The number of aliphatic carboxylic acids is 1. The van der Waals surface area contributed by atoms with Gasteiger partial charge >= 0.3 is 11.9 Å². The summed E-state index contributed by atoms with van der Waals surface area (Å²) in [6, 6.07) is 0. The second-order valence-corrected chi connectivity index (χ2v) is 3.86. The molecule has 13 heavy (non-hydrogen) atoms. The average molecular weight is 206 g/mol. The number of thioether (sulfide) groups is 1. The van der Waals surface area contributed by atoms with Crippen LogP contribution in [0.15, 0.2) is 0 Å². The van der Waals surface area contributed by atoms with Crippen molar-refractivity contribution in [1.82, 2.24) is 0 Å². The Balaban J connectivity index is 3.55. The molecule has 0 aliphatic rings. The van der Waals surface area contributed by atoms with Crippen molar-refractivity contribution >= 4 is 23.7 Å². The molecule has 0 aromatic carbocycles. The van der Waals surface area contributed by atoms with Crippen LogP contribution in [0.4, 0.5) is 0 Å². The molecule has 0 aromatic rings. The van der Waals surface area contributed by atoms with E-state index in [-0.39, 0.29) is 17.6 Å². The summed E-state index contributed by atoms with van der Waals surface area (Å²) in [5.74, 6) is -0.684. The Hall–Kier alpha value is -0.710. The zero-order chi connectivity index (χ0) is 10.3. The predicted octanol–water partition coefficient (Wildman–Crippen LogP) is 1.15. The van der Waals surface area contributed by atoms with E-state index in [1.54, 1.807) is 13.8 Å². The first kappa shape index (κ1) is 12.3. The smallest absolute Gasteiger partial charge is 0.318 e. The molecule has 0 amide bonds. The number of rotatable bonds is 6. The van der Waals surface area contributed by atoms with Crippen molar-refractivity contribution < 1.29 is 19.4 Å². The van der Waals surface area contributed by atoms with Crippen molar-refractivity contribution in [2.75, 3.05) is 12.4 Å². The van der Waals surface area contributed by atoms with Crippen LogP contribution in [0.5, 0.6) is 0 Å². The van der Waals surface area contributed by atoms with Crippen molar-refractivity contribution in [3.63, 3.8) is 0 Å². The minimum absolute atomic E-state index is 0.0778. The maximum absolute atomic E-state index is 11.0. The monoisotopic (exact) mass is 206 g/mol. The van der Waals surface area contributed by atoms with Gasteiger partial charge in [0.1, 0.15) is 0 Å². The largest absolute Gasteiger partial charge is 0.481 e. The number of carbonyl (C=O) groups is 2. The molecule has 1 unspecified atom stereocenters. The average Bonchev–Trinajstić information content (AvgIpc) is 2.04. The van der Waals surface area contributed by atoms with Gasteiger partial charge in [0.2, 0.25) is 0 Å². The lowest BCUT2D eigenvalue weighted by Crippen LogP contribution is -2.17. The number of ether oxygens (including phenoxy) is 1. The van der Waals surface area contributed by atoms with Gasteiger partial charge < -0.3 is 9.84 Å². The van der Waals surface area contributed by atoms with E-state index in [4.69, 9.17) is 9.84 Å². The number of esters is 1. The zero-order valence-electron chi connectivity index (χ0n) is 7.78. The van der Waals surface area contributed by atoms with Gasteiger partial charge in [0.15, 0.2) is 0 Å². The van der Waals surface area contributed by atoms with E-state index in [0.29, 0.717) is 12.4 Å². The minimum atomic E-state index is -0.844. The lowest BCUT2D eigenvalue weighted by molar-refractivity contribution is -0.142. The van der Waals surface area contributed by atoms with E-state index < -0.39 is 5.97 Å². The predicted molar refractivity (Wildman–Crippen MR) is 50.8 cm³/mol. The topological polar surface area (TPSA) is 63.6 Å². The van der Waals surface area contributed by atoms with Crippen LogP contribution in [0.1, 0.15) is 20.3 Å². The number of carboxylic acid groups (broad SMARTS) is 1. The molecule has 5 heteroatoms. The van der Waals surface area contributed by atoms with Gasteiger partial charge in [-0.05, 0) is 13.8 Å². The summed E-state index contributed by atoms with van der Waals surface area (Å²) >= 11 is 1.30. The van der Waals surface area contributed by atoms with Gasteiger partial charge in [-0.15, -0.1) is 11.8 Å². The molecule has 0 spiro atoms. The Morgan fingerprint density at radius 3 is 2.62 bits per heavy atom. The van der Waals surface area contributed by atoms with Crippen LogP contribution in [0.3, 0.4) is 0 Å². The third-order valence-corrected chi connectivity index (χ3v) is 2.43. The number of carbonyl (C=O) groups excluding carboxylic acids is 1. The standard InChI is InChI=1S/C8H14O4S/c1-3-12-8(11)6(2)13-5-4-7(9)10/h6H,3-5H2,1-2H3,(H,9,10). The highest BCUT2D eigenvalue weighted by Crippen LogP contribution is 2.12. The van der Waals surface area contributed by atoms with E-state index in [1.807, 2.05) is 0 Å². The molecule has 0 bridgehead atoms. The molecule has 0 rings (SSSR count). The summed E-state index contributed by atoms with van der Waals surface area (Å²) < 4.78 is 4.75. The number of carboxylic acids is 1. The molecule has 0 heterocycles. The molecule has 0 aliphatic carbocycles. The van der Waals surface area contributed by atoms with Crippen LogP contribution >= 0.6 is 11.8 Å². The summed E-state index contributed by atoms with van der Waals surface area (Å²) in [7, 11) is 0. The molecule has 0 saturated heterocycles. The fourth-order valence-electron chi connectivity index (χ4n) is 0.651. The first-order chi connectivity index (χ1) is 6.07. The van der Waals surface area contributed by atoms with Gasteiger partial charge in [0, 0.05) is 5.75 Å². The van der Waals surface area contributed by atoms with Crippen molar-refractivity contribution in [3.05, 3.63) is 0 Å². The second kappa shape index (κ2) is 6.77. The highest BCUT2D eigenvalue weighted by Gasteiger charge is 2.14. The van der Waals surface area contributed by atoms with Crippen LogP contribution in [0.2, 0.25) is 0 Å². The molecule has 0 aromatic heterocycles. The summed E-state index contributed by atoms with van der Waals surface area (Å²) in [4.78, 5) is 21.2. The maximum atomic E-state index is 11.0. The van der Waals surface area contributed by atoms with Crippen molar-refractivity contribution in [2.24, 2.45) is 0 Å². The quantitative estimate of drug-likeness (QED) is 0.660. The zero-order valence-corrected chi connectivity index (χ0v) is 8.60. The van der Waals surface area contributed by atoms with Crippen LogP contribution < -0.4 is 0 Å². The van der Waals surface area contributed by atoms with Crippen LogP contribution in [-0.4, -0.2) is 34.7 Å². The molecular weight excluding hydrogens is 192 g/mol. The lowest BCUT2D eigenvalue weighted by atomic mass is 10.5. The third-order valence-electron chi connectivity index (χ3n) is 1.30. The van der Waals surface area contributed by atoms with Gasteiger partial charge in [-0.1, -0.05) is 0 Å². The Bertz CT molecular complexity index is 181. The Morgan fingerprint density at radius 2 is 2.15 bits per heavy atom. The number of hydrogen-bond donors (Lipinski definition) is 1. The van der Waals surface area contributed by atoms with Gasteiger partial charge in [-0.25, -0.2) is 0 Å². The Kier molecular flexibility index (Phi) is 6.40. The third kappa shape index (κ3) is 6.45. The van der Waals surface area contributed by atoms with Gasteiger partial charge in [0.25, 0.3) is 0 Å². The molecule has 1 N–H and O–H groups in total. The molecule has 0 fully saturated rings. The minimum Gasteiger partial charge on any atom is -0.481 e. The SMILES string of the molecule is CCOC(=O)C(C)SCCC(=O)O. The molecule has 0 aliphatic heterocycles. The van der Waals surface area contributed by atoms with Crippen molar-refractivity contribution in [2.45, 2.75) is 25.5 Å². The second-order valence-electron chi connectivity index (χ2n) is 2.41. The van der Waals surface area contributed by atoms with Crippen molar-refractivity contribution in [3.8, 4) is 0 Å². The first-order valence-electron chi connectivity index (χ1n) is 4.08. The van der Waals surface area contributed by atoms with E-state index >= 15 is 0 Å². The molecule has 1 atom stereocenters. The van der Waals surface area contributed by atoms with Gasteiger partial charge in [0.05, 0.1) is 18.3 Å². The van der Waals surface area contributed by atoms with E-state index in [9.17, 15) is 9.59 Å². The molecule has 0 saturated carbocycles. The van der Waals surface area contributed by atoms with E-state index in [0.717, 1.165) is 0 Å². The highest BCUT2D eigenvalue weighted by molar-refractivity contribution is 8.00. The maximum Gasteiger partial charge on any atom is 0.318 e. The fourth-order valence-corrected chi connectivity index (χ4v) is 1.50. The summed E-state index contributed by atoms with van der Waals surface area (Å²) in [6.45, 7) is 3.82. The van der Waals surface area contributed by atoms with E-state index in [2.05, 4.69) is 0 Å². The van der Waals surface area contributed by atoms with Crippen LogP contribution in [0.25, 0.3) is 0 Å². The molecular formula is C8H14O4S. The molecule has 4 nitrogen and oxygen atoms in total. The number of hydrogen-bond acceptors (Lipinski definition) is 4. The summed E-state index contributed by atoms with van der Waals surface area (Å²) in [5, 5.41) is 8.06. The Labute approximate surface area is 81.6 Å². The van der Waals surface area contributed by atoms with Crippen LogP contribution in [0, 0.1) is 0 Å². The lowest BCUT2D eigenvalue weighted by Gasteiger charge is -2.08. The molecule has 0 radical (unpaired) electrons. The summed E-state index contributed by atoms with van der Waals surface area (Å²) in [6.07, 6.45) is 0.0778. The van der Waals surface area contributed by atoms with Crippen molar-refractivity contribution in [1.29, 1.82) is 0 Å². The molecule has 76 valence electrons.